The molecule has 6 nitrogen and oxygen atoms in total. The molecular formula is C26H29N3O3. The Morgan fingerprint density at radius 3 is 2.44 bits per heavy atom. The van der Waals surface area contributed by atoms with Gasteiger partial charge in [-0.3, -0.25) is 14.4 Å². The lowest BCUT2D eigenvalue weighted by atomic mass is 9.89. The number of allylic oxidation sites excluding steroid dienone is 2. The highest BCUT2D eigenvalue weighted by atomic mass is 16.2. The second-order valence-corrected chi connectivity index (χ2v) is 9.42. The Labute approximate surface area is 187 Å². The first kappa shape index (κ1) is 20.7. The largest absolute Gasteiger partial charge is 0.355 e. The van der Waals surface area contributed by atoms with Crippen LogP contribution in [0.2, 0.25) is 0 Å². The van der Waals surface area contributed by atoms with Crippen molar-refractivity contribution >= 4 is 11.8 Å². The highest BCUT2D eigenvalue weighted by molar-refractivity contribution is 5.99. The van der Waals surface area contributed by atoms with Gasteiger partial charge < -0.3 is 15.2 Å². The number of benzene rings is 1. The second-order valence-electron chi connectivity index (χ2n) is 9.42. The molecule has 1 spiro atoms. The summed E-state index contributed by atoms with van der Waals surface area (Å²) in [5.74, 6) is 0.755. The van der Waals surface area contributed by atoms with Crippen molar-refractivity contribution < 1.29 is 9.59 Å². The predicted octanol–water partition coefficient (Wildman–Crippen LogP) is 2.78. The maximum absolute atomic E-state index is 13.0. The zero-order valence-electron chi connectivity index (χ0n) is 18.3. The van der Waals surface area contributed by atoms with E-state index in [0.29, 0.717) is 36.3 Å². The molecular weight excluding hydrogens is 402 g/mol. The van der Waals surface area contributed by atoms with Crippen LogP contribution < -0.4 is 16.1 Å². The zero-order valence-corrected chi connectivity index (χ0v) is 18.3. The van der Waals surface area contributed by atoms with Crippen molar-refractivity contribution in [3.05, 3.63) is 81.8 Å². The molecule has 3 aliphatic rings. The molecule has 2 amide bonds. The Balaban J connectivity index is 1.33. The van der Waals surface area contributed by atoms with Gasteiger partial charge in [0.2, 0.25) is 5.43 Å². The summed E-state index contributed by atoms with van der Waals surface area (Å²) in [5.41, 5.74) is 1.12. The zero-order chi connectivity index (χ0) is 22.3. The lowest BCUT2D eigenvalue weighted by molar-refractivity contribution is 0.0942. The molecule has 0 unspecified atom stereocenters. The average molecular weight is 432 g/mol. The van der Waals surface area contributed by atoms with Gasteiger partial charge in [0.25, 0.3) is 11.8 Å². The van der Waals surface area contributed by atoms with Crippen LogP contribution in [-0.2, 0) is 13.0 Å². The van der Waals surface area contributed by atoms with Crippen LogP contribution in [0.25, 0.3) is 0 Å². The van der Waals surface area contributed by atoms with Gasteiger partial charge in [-0.15, -0.1) is 0 Å². The summed E-state index contributed by atoms with van der Waals surface area (Å²) in [7, 11) is 1.49. The monoisotopic (exact) mass is 431 g/mol. The smallest absolute Gasteiger partial charge is 0.256 e. The van der Waals surface area contributed by atoms with E-state index in [1.54, 1.807) is 17.0 Å². The third-order valence-electron chi connectivity index (χ3n) is 7.67. The quantitative estimate of drug-likeness (QED) is 0.662. The van der Waals surface area contributed by atoms with Gasteiger partial charge in [0, 0.05) is 32.5 Å². The van der Waals surface area contributed by atoms with Gasteiger partial charge in [0.05, 0.1) is 0 Å². The number of nitrogens with one attached hydrogen (secondary N) is 2. The third-order valence-corrected chi connectivity index (χ3v) is 7.67. The summed E-state index contributed by atoms with van der Waals surface area (Å²) < 4.78 is 1.77. The first-order valence-electron chi connectivity index (χ1n) is 11.5. The number of pyridine rings is 1. The Bertz CT molecular complexity index is 1130. The summed E-state index contributed by atoms with van der Waals surface area (Å²) in [6.07, 6.45) is 12.2. The summed E-state index contributed by atoms with van der Waals surface area (Å²) in [6.45, 7) is 1.13. The van der Waals surface area contributed by atoms with Gasteiger partial charge in [-0.1, -0.05) is 42.5 Å². The van der Waals surface area contributed by atoms with Crippen LogP contribution in [0.5, 0.6) is 0 Å². The van der Waals surface area contributed by atoms with Crippen LogP contribution in [0.15, 0.2) is 59.7 Å². The fourth-order valence-corrected chi connectivity index (χ4v) is 5.80. The van der Waals surface area contributed by atoms with Gasteiger partial charge in [-0.25, -0.2) is 0 Å². The van der Waals surface area contributed by atoms with E-state index < -0.39 is 17.2 Å². The van der Waals surface area contributed by atoms with Crippen LogP contribution in [0.4, 0.5) is 0 Å². The highest BCUT2D eigenvalue weighted by Gasteiger charge is 2.62. The molecule has 3 aliphatic carbocycles. The minimum atomic E-state index is -0.524. The minimum absolute atomic E-state index is 0.00648. The highest BCUT2D eigenvalue weighted by Crippen LogP contribution is 2.69. The Morgan fingerprint density at radius 2 is 1.78 bits per heavy atom. The molecule has 2 bridgehead atoms. The average Bonchev–Trinajstić information content (AvgIpc) is 3.49. The molecule has 32 heavy (non-hydrogen) atoms. The number of rotatable bonds is 7. The molecule has 2 aromatic rings. The van der Waals surface area contributed by atoms with E-state index in [0.717, 1.165) is 18.4 Å². The van der Waals surface area contributed by atoms with Crippen LogP contribution in [0.1, 0.15) is 45.5 Å². The molecule has 1 aromatic heterocycles. The van der Waals surface area contributed by atoms with E-state index in [1.807, 2.05) is 30.3 Å². The number of nitrogens with zero attached hydrogens (tertiary/aromatic N) is 1. The van der Waals surface area contributed by atoms with E-state index in [2.05, 4.69) is 22.8 Å². The Kier molecular flexibility index (Phi) is 5.24. The molecule has 3 atom stereocenters. The first-order chi connectivity index (χ1) is 15.5. The van der Waals surface area contributed by atoms with Crippen molar-refractivity contribution in [1.82, 2.24) is 15.2 Å². The van der Waals surface area contributed by atoms with E-state index in [9.17, 15) is 14.4 Å². The number of hydrogen-bond acceptors (Lipinski definition) is 3. The number of aryl methyl sites for hydroxylation is 2. The molecule has 0 aliphatic heterocycles. The van der Waals surface area contributed by atoms with Gasteiger partial charge in [-0.05, 0) is 54.4 Å². The molecule has 1 aromatic carbocycles. The van der Waals surface area contributed by atoms with E-state index in [4.69, 9.17) is 0 Å². The van der Waals surface area contributed by atoms with Crippen molar-refractivity contribution in [1.29, 1.82) is 0 Å². The summed E-state index contributed by atoms with van der Waals surface area (Å²) >= 11 is 0. The van der Waals surface area contributed by atoms with Crippen molar-refractivity contribution in [2.24, 2.45) is 23.2 Å². The lowest BCUT2D eigenvalue weighted by Crippen LogP contribution is -2.37. The summed E-state index contributed by atoms with van der Waals surface area (Å²) in [4.78, 5) is 38.3. The number of hydrogen-bond donors (Lipinski definition) is 2. The number of aromatic nitrogens is 1. The van der Waals surface area contributed by atoms with Crippen molar-refractivity contribution in [2.75, 3.05) is 13.6 Å². The third kappa shape index (κ3) is 3.57. The topological polar surface area (TPSA) is 80.2 Å². The molecule has 2 N–H and O–H groups in total. The Hall–Kier alpha value is -3.15. The van der Waals surface area contributed by atoms with Gasteiger partial charge in [0.1, 0.15) is 11.1 Å². The van der Waals surface area contributed by atoms with Crippen molar-refractivity contribution in [3.8, 4) is 0 Å². The van der Waals surface area contributed by atoms with Crippen LogP contribution in [0.3, 0.4) is 0 Å². The van der Waals surface area contributed by atoms with Gasteiger partial charge in [-0.2, -0.15) is 0 Å². The summed E-state index contributed by atoms with van der Waals surface area (Å²) in [5, 5.41) is 5.51. The first-order valence-corrected chi connectivity index (χ1v) is 11.5. The standard InChI is InChI=1S/C26H29N3O3/c1-27-24(31)20-15-29(12-9-17-5-3-2-4-6-17)16-21(23(20)30)25(32)28-14-18-13-19-7-8-22(18)26(19)10-11-26/h2-8,15-16,18-19,22H,9-14H2,1H3,(H,27,31)(H,28,32)/t18-,19+,22+/m1/s1. The van der Waals surface area contributed by atoms with Crippen LogP contribution in [0, 0.1) is 23.2 Å². The fraction of sp³-hybridized carbons (Fsp3) is 0.423. The maximum atomic E-state index is 13.0. The number of carbonyl (C=O) groups excluding carboxylic acids is 2. The maximum Gasteiger partial charge on any atom is 0.256 e. The number of carbonyl (C=O) groups is 2. The SMILES string of the molecule is CNC(=O)c1cn(CCc2ccccc2)cc(C(=O)NC[C@H]2C[C@@H]3C=C[C@@H]2C32CC2)c1=O. The lowest BCUT2D eigenvalue weighted by Gasteiger charge is -2.20. The van der Waals surface area contributed by atoms with E-state index in [1.165, 1.54) is 19.9 Å². The van der Waals surface area contributed by atoms with Gasteiger partial charge in [0.15, 0.2) is 0 Å². The molecule has 2 fully saturated rings. The molecule has 0 radical (unpaired) electrons. The van der Waals surface area contributed by atoms with E-state index in [-0.39, 0.29) is 11.1 Å². The normalized spacial score (nSPS) is 24.0. The molecule has 2 saturated carbocycles. The Morgan fingerprint density at radius 1 is 1.06 bits per heavy atom. The number of amides is 2. The summed E-state index contributed by atoms with van der Waals surface area (Å²) in [6, 6.07) is 9.99. The van der Waals surface area contributed by atoms with Crippen LogP contribution in [-0.4, -0.2) is 30.0 Å². The fourth-order valence-electron chi connectivity index (χ4n) is 5.80. The van der Waals surface area contributed by atoms with Crippen molar-refractivity contribution in [3.63, 3.8) is 0 Å². The van der Waals surface area contributed by atoms with E-state index >= 15 is 0 Å². The van der Waals surface area contributed by atoms with Gasteiger partial charge >= 0.3 is 0 Å². The van der Waals surface area contributed by atoms with Crippen molar-refractivity contribution in [2.45, 2.75) is 32.2 Å². The molecule has 166 valence electrons. The molecule has 6 heteroatoms. The molecule has 0 saturated heterocycles. The minimum Gasteiger partial charge on any atom is -0.355 e. The second kappa shape index (κ2) is 8.08. The molecule has 1 heterocycles. The predicted molar refractivity (Wildman–Crippen MR) is 122 cm³/mol. The molecule has 5 rings (SSSR count). The van der Waals surface area contributed by atoms with Crippen LogP contribution >= 0.6 is 0 Å².